The first-order chi connectivity index (χ1) is 18.0. The standard InChI is InChI=1S/C29H28FN3O4/c1-3-37-29(35)28(21-7-5-4-6-8-21)31-27(34)18-13-23-19-26(20-9-11-22(30)12-10-20)33(32-23)24-14-16-25(36-2)17-15-24/h4-12,14-17,19,28H,3,13,18H2,1-2H3,(H,31,34). The first-order valence-corrected chi connectivity index (χ1v) is 12.0. The van der Waals surface area contributed by atoms with Crippen molar-refractivity contribution in [1.29, 1.82) is 0 Å². The molecule has 0 aliphatic heterocycles. The van der Waals surface area contributed by atoms with Crippen molar-refractivity contribution in [2.24, 2.45) is 0 Å². The van der Waals surface area contributed by atoms with E-state index in [0.29, 0.717) is 23.4 Å². The smallest absolute Gasteiger partial charge is 0.333 e. The first kappa shape index (κ1) is 25.6. The van der Waals surface area contributed by atoms with Crippen molar-refractivity contribution in [2.45, 2.75) is 25.8 Å². The molecule has 1 aromatic heterocycles. The van der Waals surface area contributed by atoms with Crippen molar-refractivity contribution in [3.05, 3.63) is 102 Å². The number of ether oxygens (including phenoxy) is 2. The monoisotopic (exact) mass is 501 g/mol. The molecule has 4 aromatic rings. The molecule has 0 spiro atoms. The Morgan fingerprint density at radius 3 is 2.35 bits per heavy atom. The van der Waals surface area contributed by atoms with Gasteiger partial charge in [-0.05, 0) is 67.1 Å². The largest absolute Gasteiger partial charge is 0.497 e. The molecule has 1 atom stereocenters. The molecule has 37 heavy (non-hydrogen) atoms. The van der Waals surface area contributed by atoms with Crippen LogP contribution < -0.4 is 10.1 Å². The highest BCUT2D eigenvalue weighted by Crippen LogP contribution is 2.26. The van der Waals surface area contributed by atoms with Gasteiger partial charge in [0.1, 0.15) is 11.6 Å². The summed E-state index contributed by atoms with van der Waals surface area (Å²) in [5.41, 5.74) is 3.66. The Kier molecular flexibility index (Phi) is 8.30. The lowest BCUT2D eigenvalue weighted by molar-refractivity contribution is -0.147. The number of halogens is 1. The van der Waals surface area contributed by atoms with E-state index in [4.69, 9.17) is 14.6 Å². The van der Waals surface area contributed by atoms with E-state index < -0.39 is 12.0 Å². The third-order valence-corrected chi connectivity index (χ3v) is 5.79. The van der Waals surface area contributed by atoms with E-state index >= 15 is 0 Å². The van der Waals surface area contributed by atoms with Crippen LogP contribution in [0.15, 0.2) is 84.9 Å². The summed E-state index contributed by atoms with van der Waals surface area (Å²) >= 11 is 0. The van der Waals surface area contributed by atoms with Crippen molar-refractivity contribution in [3.8, 4) is 22.7 Å². The van der Waals surface area contributed by atoms with E-state index in [2.05, 4.69) is 5.32 Å². The highest BCUT2D eigenvalue weighted by molar-refractivity contribution is 5.85. The summed E-state index contributed by atoms with van der Waals surface area (Å²) in [4.78, 5) is 25.3. The van der Waals surface area contributed by atoms with E-state index in [1.807, 2.05) is 36.4 Å². The number of aromatic nitrogens is 2. The number of aryl methyl sites for hydroxylation is 1. The SMILES string of the molecule is CCOC(=O)C(NC(=O)CCc1cc(-c2ccc(F)cc2)n(-c2ccc(OC)cc2)n1)c1ccccc1. The van der Waals surface area contributed by atoms with E-state index in [-0.39, 0.29) is 24.8 Å². The summed E-state index contributed by atoms with van der Waals surface area (Å²) in [5.74, 6) is -0.426. The van der Waals surface area contributed by atoms with Gasteiger partial charge >= 0.3 is 5.97 Å². The van der Waals surface area contributed by atoms with Gasteiger partial charge in [-0.3, -0.25) is 4.79 Å². The molecule has 1 heterocycles. The zero-order valence-corrected chi connectivity index (χ0v) is 20.7. The number of nitrogens with zero attached hydrogens (tertiary/aromatic N) is 2. The van der Waals surface area contributed by atoms with Crippen molar-refractivity contribution in [2.75, 3.05) is 13.7 Å². The minimum atomic E-state index is -0.889. The fraction of sp³-hybridized carbons (Fsp3) is 0.207. The van der Waals surface area contributed by atoms with Gasteiger partial charge in [-0.15, -0.1) is 0 Å². The van der Waals surface area contributed by atoms with Crippen LogP contribution in [0.2, 0.25) is 0 Å². The number of rotatable bonds is 10. The molecule has 4 rings (SSSR count). The van der Waals surface area contributed by atoms with Gasteiger partial charge < -0.3 is 14.8 Å². The Balaban J connectivity index is 1.54. The maximum absolute atomic E-state index is 13.5. The fourth-order valence-corrected chi connectivity index (χ4v) is 3.92. The van der Waals surface area contributed by atoms with Gasteiger partial charge in [-0.1, -0.05) is 30.3 Å². The molecule has 0 saturated carbocycles. The molecule has 3 aromatic carbocycles. The first-order valence-electron chi connectivity index (χ1n) is 12.0. The Morgan fingerprint density at radius 2 is 1.70 bits per heavy atom. The van der Waals surface area contributed by atoms with Crippen molar-refractivity contribution >= 4 is 11.9 Å². The molecule has 1 amide bonds. The molecular weight excluding hydrogens is 473 g/mol. The number of carbonyl (C=O) groups excluding carboxylic acids is 2. The van der Waals surface area contributed by atoms with Crippen molar-refractivity contribution in [3.63, 3.8) is 0 Å². The number of hydrogen-bond donors (Lipinski definition) is 1. The van der Waals surface area contributed by atoms with Crippen LogP contribution in [-0.4, -0.2) is 35.4 Å². The number of amides is 1. The molecule has 0 aliphatic carbocycles. The third-order valence-electron chi connectivity index (χ3n) is 5.79. The van der Waals surface area contributed by atoms with Crippen LogP contribution in [0.4, 0.5) is 4.39 Å². The fourth-order valence-electron chi connectivity index (χ4n) is 3.92. The number of hydrogen-bond acceptors (Lipinski definition) is 5. The molecule has 190 valence electrons. The molecule has 0 radical (unpaired) electrons. The second-order valence-corrected chi connectivity index (χ2v) is 8.30. The lowest BCUT2D eigenvalue weighted by Crippen LogP contribution is -2.35. The van der Waals surface area contributed by atoms with Crippen molar-refractivity contribution < 1.29 is 23.5 Å². The van der Waals surface area contributed by atoms with Gasteiger partial charge in [0.15, 0.2) is 6.04 Å². The van der Waals surface area contributed by atoms with E-state index in [1.165, 1.54) is 12.1 Å². The summed E-state index contributed by atoms with van der Waals surface area (Å²) in [6.45, 7) is 1.94. The normalized spacial score (nSPS) is 11.5. The van der Waals surface area contributed by atoms with E-state index in [9.17, 15) is 14.0 Å². The van der Waals surface area contributed by atoms with Gasteiger partial charge in [-0.2, -0.15) is 5.10 Å². The number of benzene rings is 3. The third kappa shape index (κ3) is 6.41. The lowest BCUT2D eigenvalue weighted by Gasteiger charge is -2.17. The van der Waals surface area contributed by atoms with Crippen LogP contribution in [0, 0.1) is 5.82 Å². The topological polar surface area (TPSA) is 82.5 Å². The summed E-state index contributed by atoms with van der Waals surface area (Å²) < 4.78 is 25.7. The highest BCUT2D eigenvalue weighted by atomic mass is 19.1. The Hall–Kier alpha value is -4.46. The summed E-state index contributed by atoms with van der Waals surface area (Å²) in [6, 6.07) is 23.6. The Bertz CT molecular complexity index is 1340. The van der Waals surface area contributed by atoms with Gasteiger partial charge in [0.2, 0.25) is 5.91 Å². The van der Waals surface area contributed by atoms with E-state index in [0.717, 1.165) is 16.9 Å². The van der Waals surface area contributed by atoms with Crippen molar-refractivity contribution in [1.82, 2.24) is 15.1 Å². The zero-order valence-electron chi connectivity index (χ0n) is 20.7. The molecule has 7 nitrogen and oxygen atoms in total. The predicted molar refractivity (Wildman–Crippen MR) is 138 cm³/mol. The zero-order chi connectivity index (χ0) is 26.2. The lowest BCUT2D eigenvalue weighted by atomic mass is 10.1. The molecule has 0 bridgehead atoms. The van der Waals surface area contributed by atoms with Crippen LogP contribution in [0.25, 0.3) is 16.9 Å². The molecular formula is C29H28FN3O4. The molecule has 1 unspecified atom stereocenters. The number of carbonyl (C=O) groups is 2. The molecule has 1 N–H and O–H groups in total. The predicted octanol–water partition coefficient (Wildman–Crippen LogP) is 5.04. The van der Waals surface area contributed by atoms with Gasteiger partial charge in [0.25, 0.3) is 0 Å². The maximum atomic E-state index is 13.5. The average Bonchev–Trinajstić information content (AvgIpc) is 3.36. The van der Waals surface area contributed by atoms with Crippen LogP contribution in [0.1, 0.15) is 30.6 Å². The summed E-state index contributed by atoms with van der Waals surface area (Å²) in [5, 5.41) is 7.51. The Morgan fingerprint density at radius 1 is 1.00 bits per heavy atom. The van der Waals surface area contributed by atoms with Gasteiger partial charge in [-0.25, -0.2) is 13.9 Å². The molecule has 8 heteroatoms. The summed E-state index contributed by atoms with van der Waals surface area (Å²) in [6.07, 6.45) is 0.457. The highest BCUT2D eigenvalue weighted by Gasteiger charge is 2.24. The van der Waals surface area contributed by atoms with Gasteiger partial charge in [0.05, 0.1) is 30.8 Å². The molecule has 0 fully saturated rings. The van der Waals surface area contributed by atoms with Gasteiger partial charge in [0, 0.05) is 18.4 Å². The minimum absolute atomic E-state index is 0.116. The summed E-state index contributed by atoms with van der Waals surface area (Å²) in [7, 11) is 1.60. The molecule has 0 saturated heterocycles. The second kappa shape index (κ2) is 12.0. The number of nitrogens with one attached hydrogen (secondary N) is 1. The minimum Gasteiger partial charge on any atom is -0.497 e. The molecule has 0 aliphatic rings. The Labute approximate surface area is 214 Å². The van der Waals surface area contributed by atoms with Crippen LogP contribution in [0.3, 0.4) is 0 Å². The van der Waals surface area contributed by atoms with E-state index in [1.54, 1.807) is 55.1 Å². The quantitative estimate of drug-likeness (QED) is 0.308. The number of methoxy groups -OCH3 is 1. The number of esters is 1. The van der Waals surface area contributed by atoms with Crippen LogP contribution >= 0.6 is 0 Å². The van der Waals surface area contributed by atoms with Crippen LogP contribution in [-0.2, 0) is 20.7 Å². The average molecular weight is 502 g/mol. The van der Waals surface area contributed by atoms with Crippen LogP contribution in [0.5, 0.6) is 5.75 Å². The second-order valence-electron chi connectivity index (χ2n) is 8.30. The maximum Gasteiger partial charge on any atom is 0.333 e.